The summed E-state index contributed by atoms with van der Waals surface area (Å²) >= 11 is 12.5. The van der Waals surface area contributed by atoms with Gasteiger partial charge in [-0.3, -0.25) is 14.2 Å². The van der Waals surface area contributed by atoms with Gasteiger partial charge >= 0.3 is 5.97 Å². The van der Waals surface area contributed by atoms with Gasteiger partial charge in [-0.1, -0.05) is 35.3 Å². The van der Waals surface area contributed by atoms with E-state index in [0.717, 1.165) is 4.31 Å². The lowest BCUT2D eigenvalue weighted by atomic mass is 9.91. The topological polar surface area (TPSA) is 126 Å². The number of benzene rings is 2. The number of carbonyl (C=O) groups is 2. The molecule has 2 aliphatic heterocycles. The van der Waals surface area contributed by atoms with Gasteiger partial charge in [-0.2, -0.15) is 9.57 Å². The number of rotatable bonds is 6. The van der Waals surface area contributed by atoms with Crippen LogP contribution in [0.5, 0.6) is 0 Å². The molecule has 0 N–H and O–H groups in total. The Balaban J connectivity index is 1.64. The summed E-state index contributed by atoms with van der Waals surface area (Å²) in [6.45, 7) is 6.91. The van der Waals surface area contributed by atoms with Crippen molar-refractivity contribution in [2.75, 3.05) is 11.4 Å². The van der Waals surface area contributed by atoms with Gasteiger partial charge in [0.25, 0.3) is 15.9 Å². The maximum Gasteiger partial charge on any atom is 0.324 e. The number of sulfonamides is 1. The van der Waals surface area contributed by atoms with Crippen LogP contribution in [0.15, 0.2) is 53.7 Å². The lowest BCUT2D eigenvalue weighted by molar-refractivity contribution is -0.158. The number of hydrogen-bond acceptors (Lipinski definition) is 7. The summed E-state index contributed by atoms with van der Waals surface area (Å²) in [5.74, 6) is -1.01. The van der Waals surface area contributed by atoms with Crippen LogP contribution in [0.3, 0.4) is 0 Å². The molecular weight excluding hydrogens is 601 g/mol. The quantitative estimate of drug-likeness (QED) is 0.343. The Hall–Kier alpha value is -3.43. The van der Waals surface area contributed by atoms with Crippen molar-refractivity contribution in [1.29, 1.82) is 5.26 Å². The maximum atomic E-state index is 14.3. The van der Waals surface area contributed by atoms with Gasteiger partial charge in [-0.05, 0) is 76.4 Å². The predicted octanol–water partition coefficient (Wildman–Crippen LogP) is 5.19. The van der Waals surface area contributed by atoms with Crippen molar-refractivity contribution < 1.29 is 22.7 Å². The Kier molecular flexibility index (Phi) is 7.64. The Bertz CT molecular complexity index is 1710. The number of amides is 1. The van der Waals surface area contributed by atoms with Gasteiger partial charge in [0.15, 0.2) is 5.03 Å². The second-order valence-electron chi connectivity index (χ2n) is 11.6. The third kappa shape index (κ3) is 5.28. The molecule has 2 aliphatic rings. The molecule has 220 valence electrons. The number of nitriles is 1. The molecule has 1 aromatic heterocycles. The fourth-order valence-electron chi connectivity index (χ4n) is 5.46. The van der Waals surface area contributed by atoms with Crippen LogP contribution in [-0.4, -0.2) is 52.3 Å². The summed E-state index contributed by atoms with van der Waals surface area (Å²) in [6, 6.07) is 12.4. The van der Waals surface area contributed by atoms with E-state index < -0.39 is 39.1 Å². The fraction of sp³-hybridized carbons (Fsp3) is 0.379. The number of halogens is 2. The van der Waals surface area contributed by atoms with E-state index in [4.69, 9.17) is 27.9 Å². The molecule has 0 bridgehead atoms. The van der Waals surface area contributed by atoms with E-state index in [1.54, 1.807) is 64.1 Å². The van der Waals surface area contributed by atoms with Crippen molar-refractivity contribution in [3.63, 3.8) is 0 Å². The summed E-state index contributed by atoms with van der Waals surface area (Å²) < 4.78 is 36.6. The van der Waals surface area contributed by atoms with Crippen LogP contribution in [-0.2, 0) is 36.3 Å². The Morgan fingerprint density at radius 2 is 1.81 bits per heavy atom. The smallest absolute Gasteiger partial charge is 0.324 e. The normalized spacial score (nSPS) is 20.9. The van der Waals surface area contributed by atoms with Crippen molar-refractivity contribution in [2.24, 2.45) is 0 Å². The van der Waals surface area contributed by atoms with E-state index >= 15 is 0 Å². The number of hydrogen-bond donors (Lipinski definition) is 0. The monoisotopic (exact) mass is 629 g/mol. The molecule has 5 rings (SSSR count). The van der Waals surface area contributed by atoms with Crippen LogP contribution in [0.2, 0.25) is 10.0 Å². The zero-order valence-electron chi connectivity index (χ0n) is 23.5. The van der Waals surface area contributed by atoms with E-state index in [9.17, 15) is 23.3 Å². The second kappa shape index (κ2) is 10.7. The lowest BCUT2D eigenvalue weighted by Crippen LogP contribution is -2.46. The van der Waals surface area contributed by atoms with Crippen LogP contribution in [0.25, 0.3) is 0 Å². The number of esters is 1. The highest BCUT2D eigenvalue weighted by Gasteiger charge is 2.53. The van der Waals surface area contributed by atoms with Crippen LogP contribution in [0.1, 0.15) is 51.7 Å². The second-order valence-corrected chi connectivity index (χ2v) is 14.3. The molecule has 2 aromatic carbocycles. The molecule has 3 aromatic rings. The fourth-order valence-corrected chi connectivity index (χ4v) is 7.81. The van der Waals surface area contributed by atoms with E-state index in [1.807, 2.05) is 0 Å². The van der Waals surface area contributed by atoms with Gasteiger partial charge in [-0.15, -0.1) is 0 Å². The Labute approximate surface area is 254 Å². The lowest BCUT2D eigenvalue weighted by Gasteiger charge is -2.29. The number of carbonyl (C=O) groups excluding carboxylic acids is 2. The van der Waals surface area contributed by atoms with Crippen molar-refractivity contribution in [3.8, 4) is 6.07 Å². The molecule has 10 nitrogen and oxygen atoms in total. The Morgan fingerprint density at radius 3 is 2.40 bits per heavy atom. The van der Waals surface area contributed by atoms with Gasteiger partial charge in [0, 0.05) is 23.0 Å². The van der Waals surface area contributed by atoms with Gasteiger partial charge in [0.1, 0.15) is 17.2 Å². The first-order chi connectivity index (χ1) is 19.7. The van der Waals surface area contributed by atoms with Gasteiger partial charge < -0.3 is 4.74 Å². The first kappa shape index (κ1) is 30.0. The van der Waals surface area contributed by atoms with E-state index in [-0.39, 0.29) is 34.0 Å². The number of aromatic nitrogens is 2. The average molecular weight is 631 g/mol. The summed E-state index contributed by atoms with van der Waals surface area (Å²) in [4.78, 5) is 33.0. The minimum Gasteiger partial charge on any atom is -0.459 e. The minimum absolute atomic E-state index is 0.0704. The maximum absolute atomic E-state index is 14.3. The highest BCUT2D eigenvalue weighted by Crippen LogP contribution is 2.45. The minimum atomic E-state index is -4.33. The third-order valence-corrected chi connectivity index (χ3v) is 9.57. The first-order valence-electron chi connectivity index (χ1n) is 13.3. The number of imidazole rings is 1. The van der Waals surface area contributed by atoms with Gasteiger partial charge in [-0.25, -0.2) is 18.3 Å². The van der Waals surface area contributed by atoms with Crippen LogP contribution in [0.4, 0.5) is 11.6 Å². The van der Waals surface area contributed by atoms with Crippen molar-refractivity contribution >= 4 is 56.7 Å². The standard InChI is InChI=1S/C29H29Cl2N5O5S/c1-28(2,3)41-25(37)23-6-5-11-34(23)42(39,40)24-17-33-27-35(22-13-20(30)12-21(31)14-22)26(38)29(4,36(24)27)15-18-7-9-19(16-32)10-8-18/h7-10,12-14,17,23H,5-6,11,15H2,1-4H3. The number of ether oxygens (including phenoxy) is 1. The summed E-state index contributed by atoms with van der Waals surface area (Å²) in [5, 5.41) is 9.56. The average Bonchev–Trinajstić information content (AvgIpc) is 3.60. The van der Waals surface area contributed by atoms with Gasteiger partial charge in [0.05, 0.1) is 23.5 Å². The summed E-state index contributed by atoms with van der Waals surface area (Å²) in [5.41, 5.74) is -0.780. The molecule has 3 heterocycles. The SMILES string of the molecule is CC(C)(C)OC(=O)C1CCCN1S(=O)(=O)c1cnc2n1C(C)(Cc1ccc(C#N)cc1)C(=O)N2c1cc(Cl)cc(Cl)c1. The molecule has 0 spiro atoms. The zero-order chi connectivity index (χ0) is 30.6. The largest absolute Gasteiger partial charge is 0.459 e. The highest BCUT2D eigenvalue weighted by atomic mass is 35.5. The molecule has 1 saturated heterocycles. The zero-order valence-corrected chi connectivity index (χ0v) is 25.8. The van der Waals surface area contributed by atoms with Crippen LogP contribution >= 0.6 is 23.2 Å². The van der Waals surface area contributed by atoms with Crippen molar-refractivity contribution in [3.05, 3.63) is 69.8 Å². The number of nitrogens with zero attached hydrogens (tertiary/aromatic N) is 5. The molecule has 13 heteroatoms. The van der Waals surface area contributed by atoms with Crippen LogP contribution < -0.4 is 4.90 Å². The highest BCUT2D eigenvalue weighted by molar-refractivity contribution is 7.89. The Morgan fingerprint density at radius 1 is 1.17 bits per heavy atom. The molecule has 2 atom stereocenters. The van der Waals surface area contributed by atoms with Crippen molar-refractivity contribution in [2.45, 2.75) is 69.2 Å². The summed E-state index contributed by atoms with van der Waals surface area (Å²) in [6.07, 6.45) is 2.07. The number of anilines is 2. The van der Waals surface area contributed by atoms with E-state index in [0.29, 0.717) is 29.7 Å². The molecule has 0 radical (unpaired) electrons. The molecule has 0 saturated carbocycles. The molecule has 0 aliphatic carbocycles. The van der Waals surface area contributed by atoms with Crippen LogP contribution in [0, 0.1) is 11.3 Å². The molecular formula is C29H29Cl2N5O5S. The predicted molar refractivity (Wildman–Crippen MR) is 157 cm³/mol. The molecule has 2 unspecified atom stereocenters. The molecule has 1 amide bonds. The summed E-state index contributed by atoms with van der Waals surface area (Å²) in [7, 11) is -4.33. The van der Waals surface area contributed by atoms with E-state index in [2.05, 4.69) is 11.1 Å². The third-order valence-electron chi connectivity index (χ3n) is 7.26. The van der Waals surface area contributed by atoms with E-state index in [1.165, 1.54) is 21.7 Å². The van der Waals surface area contributed by atoms with Crippen molar-refractivity contribution in [1.82, 2.24) is 13.9 Å². The van der Waals surface area contributed by atoms with Gasteiger partial charge in [0.2, 0.25) is 5.95 Å². The molecule has 1 fully saturated rings. The first-order valence-corrected chi connectivity index (χ1v) is 15.5. The number of fused-ring (bicyclic) bond motifs is 1. The molecule has 42 heavy (non-hydrogen) atoms.